The summed E-state index contributed by atoms with van der Waals surface area (Å²) in [6.45, 7) is 6.75. The van der Waals surface area contributed by atoms with E-state index < -0.39 is 32.5 Å². The number of hydrogen-bond acceptors (Lipinski definition) is 7. The van der Waals surface area contributed by atoms with E-state index in [0.29, 0.717) is 23.9 Å². The van der Waals surface area contributed by atoms with E-state index in [2.05, 4.69) is 74.7 Å². The van der Waals surface area contributed by atoms with Crippen molar-refractivity contribution >= 4 is 19.7 Å². The largest absolute Gasteiger partial charge is 0.756 e. The highest BCUT2D eigenvalue weighted by Crippen LogP contribution is 2.38. The van der Waals surface area contributed by atoms with Gasteiger partial charge in [0, 0.05) is 12.8 Å². The highest BCUT2D eigenvalue weighted by atomic mass is 31.2. The molecule has 0 aliphatic heterocycles. The van der Waals surface area contributed by atoms with Crippen molar-refractivity contribution in [2.45, 2.75) is 245 Å². The van der Waals surface area contributed by atoms with Crippen molar-refractivity contribution in [3.8, 4) is 0 Å². The van der Waals surface area contributed by atoms with E-state index in [4.69, 9.17) is 13.8 Å². The molecule has 0 aromatic rings. The zero-order chi connectivity index (χ0) is 48.7. The smallest absolute Gasteiger partial charge is 0.306 e. The number of carbonyl (C=O) groups is 2. The van der Waals surface area contributed by atoms with Gasteiger partial charge in [0.25, 0.3) is 7.82 Å². The molecule has 0 aromatic carbocycles. The van der Waals surface area contributed by atoms with Crippen LogP contribution >= 0.6 is 7.82 Å². The summed E-state index contributed by atoms with van der Waals surface area (Å²) in [5.41, 5.74) is 0. The second kappa shape index (κ2) is 46.4. The van der Waals surface area contributed by atoms with Gasteiger partial charge in [-0.1, -0.05) is 210 Å². The minimum Gasteiger partial charge on any atom is -0.756 e. The van der Waals surface area contributed by atoms with E-state index in [9.17, 15) is 19.0 Å². The third kappa shape index (κ3) is 46.8. The molecule has 0 saturated heterocycles. The molecule has 0 aliphatic carbocycles. The molecule has 0 fully saturated rings. The predicted molar refractivity (Wildman–Crippen MR) is 279 cm³/mol. The number of nitrogens with zero attached hydrogens (tertiary/aromatic N) is 1. The van der Waals surface area contributed by atoms with Gasteiger partial charge in [0.05, 0.1) is 33.8 Å². The van der Waals surface area contributed by atoms with Gasteiger partial charge in [-0.15, -0.1) is 0 Å². The molecule has 0 spiro atoms. The van der Waals surface area contributed by atoms with Gasteiger partial charge in [-0.05, 0) is 70.3 Å². The Kier molecular flexibility index (Phi) is 44.8. The van der Waals surface area contributed by atoms with Crippen LogP contribution in [0, 0.1) is 0 Å². The summed E-state index contributed by atoms with van der Waals surface area (Å²) in [6, 6.07) is -0.907. The number of amides is 1. The van der Waals surface area contributed by atoms with Gasteiger partial charge in [-0.3, -0.25) is 14.2 Å². The fourth-order valence-electron chi connectivity index (χ4n) is 7.45. The van der Waals surface area contributed by atoms with Gasteiger partial charge in [0.2, 0.25) is 5.91 Å². The lowest BCUT2D eigenvalue weighted by molar-refractivity contribution is -0.870. The first-order valence-electron chi connectivity index (χ1n) is 27.1. The van der Waals surface area contributed by atoms with Crippen LogP contribution in [0.15, 0.2) is 60.8 Å². The Morgan fingerprint density at radius 2 is 0.939 bits per heavy atom. The predicted octanol–water partition coefficient (Wildman–Crippen LogP) is 15.3. The number of phosphoric ester groups is 1. The van der Waals surface area contributed by atoms with E-state index in [1.54, 1.807) is 0 Å². The molecule has 0 rings (SSSR count). The molecular formula is C56H103N2O7P. The molecular weight excluding hydrogens is 844 g/mol. The number of unbranched alkanes of at least 4 members (excludes halogenated alkanes) is 24. The maximum Gasteiger partial charge on any atom is 0.306 e. The number of allylic oxidation sites excluding steroid dienone is 9. The highest BCUT2D eigenvalue weighted by Gasteiger charge is 2.27. The van der Waals surface area contributed by atoms with Crippen molar-refractivity contribution in [2.24, 2.45) is 0 Å². The number of phosphoric acid groups is 1. The van der Waals surface area contributed by atoms with E-state index in [1.807, 2.05) is 33.3 Å². The Morgan fingerprint density at radius 1 is 0.530 bits per heavy atom. The molecule has 1 N–H and O–H groups in total. The van der Waals surface area contributed by atoms with Crippen LogP contribution in [0.25, 0.3) is 0 Å². The topological polar surface area (TPSA) is 114 Å². The zero-order valence-electron chi connectivity index (χ0n) is 43.6. The Balaban J connectivity index is 5.48. The molecule has 1 amide bonds. The van der Waals surface area contributed by atoms with Crippen LogP contribution in [0.4, 0.5) is 0 Å². The van der Waals surface area contributed by atoms with Gasteiger partial charge in [0.15, 0.2) is 0 Å². The Bertz CT molecular complexity index is 1320. The third-order valence-electron chi connectivity index (χ3n) is 11.7. The molecule has 0 heterocycles. The summed E-state index contributed by atoms with van der Waals surface area (Å²) in [7, 11) is 1.15. The molecule has 0 radical (unpaired) electrons. The maximum atomic E-state index is 13.4. The second-order valence-electron chi connectivity index (χ2n) is 19.4. The van der Waals surface area contributed by atoms with Crippen LogP contribution in [-0.2, 0) is 27.9 Å². The summed E-state index contributed by atoms with van der Waals surface area (Å²) < 4.78 is 30.1. The molecule has 0 aliphatic rings. The number of hydrogen-bond donors (Lipinski definition) is 1. The molecule has 384 valence electrons. The van der Waals surface area contributed by atoms with Gasteiger partial charge < -0.3 is 28.5 Å². The third-order valence-corrected chi connectivity index (χ3v) is 12.7. The summed E-state index contributed by atoms with van der Waals surface area (Å²) in [4.78, 5) is 39.7. The number of quaternary nitrogens is 1. The van der Waals surface area contributed by atoms with E-state index in [0.717, 1.165) is 64.2 Å². The molecule has 9 nitrogen and oxygen atoms in total. The first-order chi connectivity index (χ1) is 31.9. The minimum atomic E-state index is -4.70. The van der Waals surface area contributed by atoms with Crippen molar-refractivity contribution in [3.63, 3.8) is 0 Å². The van der Waals surface area contributed by atoms with Gasteiger partial charge in [-0.2, -0.15) is 0 Å². The maximum absolute atomic E-state index is 13.4. The molecule has 0 saturated carbocycles. The Labute approximate surface area is 407 Å². The zero-order valence-corrected chi connectivity index (χ0v) is 44.5. The molecule has 66 heavy (non-hydrogen) atoms. The first kappa shape index (κ1) is 63.7. The van der Waals surface area contributed by atoms with Crippen LogP contribution in [0.2, 0.25) is 0 Å². The number of esters is 1. The van der Waals surface area contributed by atoms with Crippen molar-refractivity contribution in [2.75, 3.05) is 40.9 Å². The summed E-state index contributed by atoms with van der Waals surface area (Å²) in [5, 5.41) is 2.99. The number of carbonyl (C=O) groups excluding carboxylic acids is 2. The van der Waals surface area contributed by atoms with E-state index in [-0.39, 0.29) is 18.9 Å². The van der Waals surface area contributed by atoms with Crippen molar-refractivity contribution < 1.29 is 37.3 Å². The molecule has 0 bridgehead atoms. The molecule has 3 unspecified atom stereocenters. The average Bonchev–Trinajstić information content (AvgIpc) is 3.27. The van der Waals surface area contributed by atoms with E-state index >= 15 is 0 Å². The normalized spacial score (nSPS) is 14.3. The number of ether oxygens (including phenoxy) is 1. The van der Waals surface area contributed by atoms with Crippen molar-refractivity contribution in [1.29, 1.82) is 0 Å². The lowest BCUT2D eigenvalue weighted by Crippen LogP contribution is -2.47. The van der Waals surface area contributed by atoms with Crippen molar-refractivity contribution in [3.05, 3.63) is 60.8 Å². The Hall–Kier alpha value is -2.29. The standard InChI is InChI=1S/C56H103N2O7P/c1-7-10-13-16-19-22-25-27-28-29-30-31-34-37-40-43-46-49-56(60)65-54(47-44-41-38-35-33-26-23-20-17-14-11-8-2)53(52-64-66(61,62)63-51-50-58(4,5)6)57-55(59)48-45-42-39-36-32-24-21-18-15-12-9-3/h19,22,27-28,30-31,37,40,44,47,53-54H,7-18,20-21,23-26,29,32-36,38-39,41-43,45-46,48-52H2,1-6H3,(H-,57,59,61,62)/b22-19-,28-27-,31-30-,40-37-,47-44+. The minimum absolute atomic E-state index is 0.0310. The van der Waals surface area contributed by atoms with Crippen LogP contribution in [0.5, 0.6) is 0 Å². The lowest BCUT2D eigenvalue weighted by atomic mass is 10.0. The van der Waals surface area contributed by atoms with Crippen LogP contribution < -0.4 is 10.2 Å². The fraction of sp³-hybridized carbons (Fsp3) is 0.786. The lowest BCUT2D eigenvalue weighted by Gasteiger charge is -2.30. The molecule has 3 atom stereocenters. The number of likely N-dealkylation sites (N-methyl/N-ethyl adjacent to an activating group) is 1. The van der Waals surface area contributed by atoms with Crippen LogP contribution in [0.3, 0.4) is 0 Å². The Morgan fingerprint density at radius 3 is 1.44 bits per heavy atom. The quantitative estimate of drug-likeness (QED) is 0.0212. The van der Waals surface area contributed by atoms with Crippen LogP contribution in [0.1, 0.15) is 233 Å². The molecule has 0 aromatic heterocycles. The SMILES string of the molecule is CCCCC/C=C\C/C=C\C/C=C\C/C=C\CCCC(=O)OC(/C=C/CCCCCCCCCCCC)C(COP(=O)([O-])OCC[N+](C)(C)C)NC(=O)CCCCCCCCCCCCC. The first-order valence-corrected chi connectivity index (χ1v) is 28.6. The monoisotopic (exact) mass is 947 g/mol. The van der Waals surface area contributed by atoms with Gasteiger partial charge in [-0.25, -0.2) is 0 Å². The molecule has 10 heteroatoms. The van der Waals surface area contributed by atoms with Crippen LogP contribution in [-0.4, -0.2) is 69.4 Å². The number of rotatable bonds is 48. The van der Waals surface area contributed by atoms with Crippen molar-refractivity contribution in [1.82, 2.24) is 5.32 Å². The summed E-state index contributed by atoms with van der Waals surface area (Å²) >= 11 is 0. The van der Waals surface area contributed by atoms with Gasteiger partial charge in [0.1, 0.15) is 19.3 Å². The highest BCUT2D eigenvalue weighted by molar-refractivity contribution is 7.45. The fourth-order valence-corrected chi connectivity index (χ4v) is 8.18. The summed E-state index contributed by atoms with van der Waals surface area (Å²) in [5.74, 6) is -0.607. The second-order valence-corrected chi connectivity index (χ2v) is 20.8. The van der Waals surface area contributed by atoms with E-state index in [1.165, 1.54) is 128 Å². The average molecular weight is 947 g/mol. The number of nitrogens with one attached hydrogen (secondary N) is 1. The summed E-state index contributed by atoms with van der Waals surface area (Å²) in [6.07, 6.45) is 56.2. The van der Waals surface area contributed by atoms with Gasteiger partial charge >= 0.3 is 5.97 Å².